The number of unbranched alkanes of at least 4 members (excludes halogenated alkanes) is 1. The Bertz CT molecular complexity index is 1100. The summed E-state index contributed by atoms with van der Waals surface area (Å²) in [5.74, 6) is -2.50. The predicted octanol–water partition coefficient (Wildman–Crippen LogP) is 1.88. The van der Waals surface area contributed by atoms with Gasteiger partial charge in [-0.15, -0.1) is 0 Å². The zero-order valence-electron chi connectivity index (χ0n) is 27.3. The van der Waals surface area contributed by atoms with Crippen molar-refractivity contribution < 1.29 is 43.3 Å². The zero-order valence-corrected chi connectivity index (χ0v) is 27.3. The van der Waals surface area contributed by atoms with Crippen LogP contribution < -0.4 is 27.0 Å². The molecular weight excluding hydrogens is 586 g/mol. The second-order valence-corrected chi connectivity index (χ2v) is 12.4. The van der Waals surface area contributed by atoms with Crippen molar-refractivity contribution in [3.05, 3.63) is 29.8 Å². The minimum Gasteiger partial charge on any atom is -0.460 e. The Balaban J connectivity index is 3.01. The number of aliphatic hydroxyl groups is 1. The molecule has 1 aromatic carbocycles. The minimum atomic E-state index is -1.33. The van der Waals surface area contributed by atoms with E-state index in [1.54, 1.807) is 65.8 Å². The molecule has 0 aliphatic carbocycles. The molecule has 254 valence electrons. The van der Waals surface area contributed by atoms with E-state index in [9.17, 15) is 29.1 Å². The first-order chi connectivity index (χ1) is 21.0. The Morgan fingerprint density at radius 1 is 0.844 bits per heavy atom. The van der Waals surface area contributed by atoms with E-state index in [2.05, 4.69) is 21.3 Å². The van der Waals surface area contributed by atoms with E-state index in [0.29, 0.717) is 30.6 Å². The van der Waals surface area contributed by atoms with Crippen LogP contribution in [0, 0.1) is 0 Å². The molecule has 0 bridgehead atoms. The summed E-state index contributed by atoms with van der Waals surface area (Å²) in [6.07, 6.45) is 0.0413. The topological polar surface area (TPSA) is 207 Å². The molecule has 14 nitrogen and oxygen atoms in total. The minimum absolute atomic E-state index is 0.0182. The van der Waals surface area contributed by atoms with Crippen LogP contribution in [0.4, 0.5) is 10.5 Å². The lowest BCUT2D eigenvalue weighted by molar-refractivity contribution is -0.156. The standard InChI is InChI=1S/C31H51N5O9/c1-30(2,3)44-26(39)19-24(28(41)34-22-12-10-21(20-37)11-13-22)36-27(40)23(35-25(38)14-17-43-18-15-32)9-7-8-16-33-29(42)45-31(4,5)6/h10-13,23-24,37H,7-9,14-20,32H2,1-6H3,(H,33,42)(H,34,41)(H,35,38)(H,36,40)/t23-,24-/m0/s1. The molecule has 0 aliphatic heterocycles. The van der Waals surface area contributed by atoms with E-state index in [4.69, 9.17) is 19.9 Å². The van der Waals surface area contributed by atoms with Gasteiger partial charge in [0.2, 0.25) is 17.7 Å². The molecule has 0 unspecified atom stereocenters. The van der Waals surface area contributed by atoms with Gasteiger partial charge in [-0.25, -0.2) is 4.79 Å². The van der Waals surface area contributed by atoms with E-state index in [0.717, 1.165) is 0 Å². The Morgan fingerprint density at radius 3 is 2.07 bits per heavy atom. The van der Waals surface area contributed by atoms with Gasteiger partial charge >= 0.3 is 12.1 Å². The van der Waals surface area contributed by atoms with Gasteiger partial charge in [0.15, 0.2) is 0 Å². The number of alkyl carbamates (subject to hydrolysis) is 1. The van der Waals surface area contributed by atoms with E-state index in [-0.39, 0.29) is 39.2 Å². The van der Waals surface area contributed by atoms with Crippen LogP contribution in [0.15, 0.2) is 24.3 Å². The number of hydrogen-bond acceptors (Lipinski definition) is 10. The highest BCUT2D eigenvalue weighted by molar-refractivity contribution is 6.00. The smallest absolute Gasteiger partial charge is 0.407 e. The van der Waals surface area contributed by atoms with Crippen molar-refractivity contribution in [3.63, 3.8) is 0 Å². The summed E-state index contributed by atoms with van der Waals surface area (Å²) in [7, 11) is 0. The highest BCUT2D eigenvalue weighted by atomic mass is 16.6. The van der Waals surface area contributed by atoms with Gasteiger partial charge in [0.1, 0.15) is 23.3 Å². The van der Waals surface area contributed by atoms with E-state index < -0.39 is 59.5 Å². The summed E-state index contributed by atoms with van der Waals surface area (Å²) in [5.41, 5.74) is 4.97. The fourth-order valence-electron chi connectivity index (χ4n) is 3.82. The Hall–Kier alpha value is -3.75. The maximum atomic E-state index is 13.5. The first-order valence-electron chi connectivity index (χ1n) is 15.1. The van der Waals surface area contributed by atoms with E-state index in [1.807, 2.05) is 0 Å². The van der Waals surface area contributed by atoms with Crippen LogP contribution in [-0.2, 0) is 40.0 Å². The van der Waals surface area contributed by atoms with Crippen molar-refractivity contribution >= 4 is 35.5 Å². The van der Waals surface area contributed by atoms with Crippen LogP contribution in [-0.4, -0.2) is 84.5 Å². The first-order valence-corrected chi connectivity index (χ1v) is 15.1. The van der Waals surface area contributed by atoms with Crippen LogP contribution in [0.25, 0.3) is 0 Å². The maximum absolute atomic E-state index is 13.5. The van der Waals surface area contributed by atoms with Crippen LogP contribution >= 0.6 is 0 Å². The molecule has 7 N–H and O–H groups in total. The highest BCUT2D eigenvalue weighted by Gasteiger charge is 2.30. The number of rotatable bonds is 18. The van der Waals surface area contributed by atoms with Gasteiger partial charge in [0.05, 0.1) is 26.2 Å². The summed E-state index contributed by atoms with van der Waals surface area (Å²) >= 11 is 0. The van der Waals surface area contributed by atoms with Crippen molar-refractivity contribution in [2.75, 3.05) is 31.6 Å². The molecule has 0 saturated carbocycles. The number of esters is 1. The van der Waals surface area contributed by atoms with Gasteiger partial charge in [-0.1, -0.05) is 12.1 Å². The van der Waals surface area contributed by atoms with Crippen molar-refractivity contribution in [3.8, 4) is 0 Å². The fraction of sp³-hybridized carbons (Fsp3) is 0.645. The Morgan fingerprint density at radius 2 is 1.49 bits per heavy atom. The number of amides is 4. The number of hydrogen-bond donors (Lipinski definition) is 6. The van der Waals surface area contributed by atoms with E-state index >= 15 is 0 Å². The molecule has 0 aliphatic rings. The zero-order chi connectivity index (χ0) is 34.0. The summed E-state index contributed by atoms with van der Waals surface area (Å²) < 4.78 is 15.9. The third kappa shape index (κ3) is 18.6. The molecule has 0 heterocycles. The molecular formula is C31H51N5O9. The van der Waals surface area contributed by atoms with E-state index in [1.165, 1.54) is 0 Å². The van der Waals surface area contributed by atoms with Gasteiger partial charge in [-0.3, -0.25) is 19.2 Å². The predicted molar refractivity (Wildman–Crippen MR) is 168 cm³/mol. The van der Waals surface area contributed by atoms with Crippen LogP contribution in [0.1, 0.15) is 79.2 Å². The molecule has 14 heteroatoms. The third-order valence-electron chi connectivity index (χ3n) is 5.80. The fourth-order valence-corrected chi connectivity index (χ4v) is 3.82. The number of benzene rings is 1. The monoisotopic (exact) mass is 637 g/mol. The SMILES string of the molecule is CC(C)(C)OC(=O)C[C@H](NC(=O)[C@H](CCCCNC(=O)OC(C)(C)C)NC(=O)CCOCCN)C(=O)Nc1ccc(CO)cc1. The second kappa shape index (κ2) is 19.6. The van der Waals surface area contributed by atoms with Gasteiger partial charge < -0.3 is 46.3 Å². The molecule has 0 saturated heterocycles. The van der Waals surface area contributed by atoms with Gasteiger partial charge in [-0.05, 0) is 78.5 Å². The van der Waals surface area contributed by atoms with Crippen molar-refractivity contribution in [1.29, 1.82) is 0 Å². The van der Waals surface area contributed by atoms with Crippen molar-refractivity contribution in [2.45, 2.75) is 104 Å². The summed E-state index contributed by atoms with van der Waals surface area (Å²) in [6, 6.07) is 4.03. The third-order valence-corrected chi connectivity index (χ3v) is 5.80. The van der Waals surface area contributed by atoms with Crippen LogP contribution in [0.2, 0.25) is 0 Å². The van der Waals surface area contributed by atoms with Crippen molar-refractivity contribution in [2.24, 2.45) is 5.73 Å². The molecule has 0 fully saturated rings. The van der Waals surface area contributed by atoms with Gasteiger partial charge in [0.25, 0.3) is 0 Å². The number of carbonyl (C=O) groups excluding carboxylic acids is 5. The summed E-state index contributed by atoms with van der Waals surface area (Å²) in [6.45, 7) is 11.1. The number of aliphatic hydroxyl groups excluding tert-OH is 1. The lowest BCUT2D eigenvalue weighted by atomic mass is 10.1. The lowest BCUT2D eigenvalue weighted by Gasteiger charge is -2.25. The first kappa shape index (κ1) is 39.3. The molecule has 1 rings (SSSR count). The average molecular weight is 638 g/mol. The summed E-state index contributed by atoms with van der Waals surface area (Å²) in [4.78, 5) is 64.0. The Labute approximate surface area is 265 Å². The van der Waals surface area contributed by atoms with Crippen LogP contribution in [0.5, 0.6) is 0 Å². The molecule has 2 atom stereocenters. The van der Waals surface area contributed by atoms with Crippen molar-refractivity contribution in [1.82, 2.24) is 16.0 Å². The largest absolute Gasteiger partial charge is 0.460 e. The normalized spacial score (nSPS) is 12.8. The van der Waals surface area contributed by atoms with Gasteiger partial charge in [-0.2, -0.15) is 0 Å². The molecule has 0 aromatic heterocycles. The molecule has 0 radical (unpaired) electrons. The molecule has 4 amide bonds. The molecule has 1 aromatic rings. The molecule has 45 heavy (non-hydrogen) atoms. The van der Waals surface area contributed by atoms with Gasteiger partial charge in [0, 0.05) is 25.2 Å². The number of nitrogens with one attached hydrogen (secondary N) is 4. The lowest BCUT2D eigenvalue weighted by Crippen LogP contribution is -2.53. The highest BCUT2D eigenvalue weighted by Crippen LogP contribution is 2.14. The average Bonchev–Trinajstić information content (AvgIpc) is 2.92. The molecule has 0 spiro atoms. The number of ether oxygens (including phenoxy) is 3. The number of carbonyl (C=O) groups is 5. The number of anilines is 1. The van der Waals surface area contributed by atoms with Crippen LogP contribution in [0.3, 0.4) is 0 Å². The maximum Gasteiger partial charge on any atom is 0.407 e. The quantitative estimate of drug-likeness (QED) is 0.102. The summed E-state index contributed by atoms with van der Waals surface area (Å²) in [5, 5.41) is 19.9. The number of nitrogens with two attached hydrogens (primary N) is 1. The Kier molecular flexibility index (Phi) is 17.1. The second-order valence-electron chi connectivity index (χ2n) is 12.4.